The van der Waals surface area contributed by atoms with E-state index in [1.165, 1.54) is 0 Å². The Labute approximate surface area is 146 Å². The normalized spacial score (nSPS) is 10.8. The van der Waals surface area contributed by atoms with Gasteiger partial charge in [-0.25, -0.2) is 0 Å². The monoisotopic (exact) mass is 329 g/mol. The number of hydrogen-bond donors (Lipinski definition) is 2. The molecule has 2 N–H and O–H groups in total. The van der Waals surface area contributed by atoms with Crippen LogP contribution in [0, 0.1) is 0 Å². The zero-order valence-electron chi connectivity index (χ0n) is 14.2. The molecule has 0 saturated heterocycles. The number of aromatic amines is 1. The van der Waals surface area contributed by atoms with Gasteiger partial charge in [-0.05, 0) is 36.4 Å². The Morgan fingerprint density at radius 1 is 0.960 bits per heavy atom. The molecule has 0 aliphatic carbocycles. The van der Waals surface area contributed by atoms with Crippen molar-refractivity contribution in [3.8, 4) is 11.3 Å². The number of pyridine rings is 2. The van der Waals surface area contributed by atoms with Crippen LogP contribution in [0.15, 0.2) is 67.3 Å². The third-order valence-corrected chi connectivity index (χ3v) is 4.20. The predicted molar refractivity (Wildman–Crippen MR) is 103 cm³/mol. The first-order valence-electron chi connectivity index (χ1n) is 8.13. The summed E-state index contributed by atoms with van der Waals surface area (Å²) in [5, 5.41) is 4.69. The lowest BCUT2D eigenvalue weighted by Gasteiger charge is -2.15. The number of H-pyrrole nitrogens is 1. The zero-order valence-corrected chi connectivity index (χ0v) is 14.2. The maximum atomic E-state index is 4.23. The average molecular weight is 329 g/mol. The summed E-state index contributed by atoms with van der Waals surface area (Å²) in [4.78, 5) is 13.9. The van der Waals surface area contributed by atoms with Crippen molar-refractivity contribution in [3.05, 3.63) is 67.3 Å². The summed E-state index contributed by atoms with van der Waals surface area (Å²) in [6.45, 7) is 0. The van der Waals surface area contributed by atoms with Crippen LogP contribution in [0.5, 0.6) is 0 Å². The minimum absolute atomic E-state index is 1.00. The van der Waals surface area contributed by atoms with Crippen molar-refractivity contribution in [1.29, 1.82) is 0 Å². The molecule has 0 unspecified atom stereocenters. The highest BCUT2D eigenvalue weighted by molar-refractivity contribution is 6.02. The lowest BCUT2D eigenvalue weighted by molar-refractivity contribution is 1.13. The molecule has 1 aromatic carbocycles. The molecule has 0 spiro atoms. The Bertz CT molecular complexity index is 1000. The van der Waals surface area contributed by atoms with E-state index in [0.717, 1.165) is 39.2 Å². The minimum Gasteiger partial charge on any atom is -0.378 e. The quantitative estimate of drug-likeness (QED) is 0.581. The summed E-state index contributed by atoms with van der Waals surface area (Å²) in [5.41, 5.74) is 6.34. The van der Waals surface area contributed by atoms with Gasteiger partial charge in [0.15, 0.2) is 0 Å². The second kappa shape index (κ2) is 6.28. The lowest BCUT2D eigenvalue weighted by atomic mass is 10.1. The van der Waals surface area contributed by atoms with Gasteiger partial charge in [0.05, 0.1) is 23.1 Å². The predicted octanol–water partition coefficient (Wildman–Crippen LogP) is 4.43. The van der Waals surface area contributed by atoms with E-state index in [9.17, 15) is 0 Å². The van der Waals surface area contributed by atoms with Crippen LogP contribution in [0.2, 0.25) is 0 Å². The molecule has 0 saturated carbocycles. The van der Waals surface area contributed by atoms with Crippen LogP contribution < -0.4 is 10.2 Å². The highest BCUT2D eigenvalue weighted by atomic mass is 15.1. The van der Waals surface area contributed by atoms with Crippen molar-refractivity contribution in [2.75, 3.05) is 24.3 Å². The van der Waals surface area contributed by atoms with E-state index in [0.29, 0.717) is 0 Å². The first kappa shape index (κ1) is 15.2. The summed E-state index contributed by atoms with van der Waals surface area (Å²) >= 11 is 0. The molecular formula is C20H19N5. The number of anilines is 3. The smallest absolute Gasteiger partial charge is 0.0725 e. The molecule has 0 aliphatic rings. The van der Waals surface area contributed by atoms with Gasteiger partial charge in [0, 0.05) is 55.0 Å². The summed E-state index contributed by atoms with van der Waals surface area (Å²) in [6.07, 6.45) is 7.26. The van der Waals surface area contributed by atoms with Gasteiger partial charge < -0.3 is 15.2 Å². The Balaban J connectivity index is 1.84. The Hall–Kier alpha value is -3.34. The molecule has 0 aliphatic heterocycles. The maximum Gasteiger partial charge on any atom is 0.0725 e. The number of nitrogens with zero attached hydrogens (tertiary/aromatic N) is 3. The first-order valence-corrected chi connectivity index (χ1v) is 8.13. The van der Waals surface area contributed by atoms with Gasteiger partial charge in [-0.2, -0.15) is 0 Å². The van der Waals surface area contributed by atoms with Gasteiger partial charge in [0.2, 0.25) is 0 Å². The highest BCUT2D eigenvalue weighted by Gasteiger charge is 2.13. The molecule has 0 bridgehead atoms. The molecule has 0 fully saturated rings. The van der Waals surface area contributed by atoms with E-state index in [1.54, 1.807) is 12.4 Å². The van der Waals surface area contributed by atoms with Crippen LogP contribution in [0.1, 0.15) is 0 Å². The number of benzene rings is 1. The zero-order chi connectivity index (χ0) is 17.2. The summed E-state index contributed by atoms with van der Waals surface area (Å²) < 4.78 is 0. The third-order valence-electron chi connectivity index (χ3n) is 4.20. The summed E-state index contributed by atoms with van der Waals surface area (Å²) in [6, 6.07) is 14.4. The molecule has 0 radical (unpaired) electrons. The fourth-order valence-corrected chi connectivity index (χ4v) is 2.92. The fraction of sp³-hybridized carbons (Fsp3) is 0.100. The fourth-order valence-electron chi connectivity index (χ4n) is 2.92. The molecule has 4 aromatic rings. The van der Waals surface area contributed by atoms with E-state index < -0.39 is 0 Å². The molecule has 5 nitrogen and oxygen atoms in total. The Morgan fingerprint density at radius 3 is 2.56 bits per heavy atom. The molecular weight excluding hydrogens is 310 g/mol. The van der Waals surface area contributed by atoms with E-state index in [4.69, 9.17) is 0 Å². The van der Waals surface area contributed by atoms with E-state index in [2.05, 4.69) is 49.4 Å². The topological polar surface area (TPSA) is 56.8 Å². The van der Waals surface area contributed by atoms with Crippen LogP contribution in [-0.4, -0.2) is 29.0 Å². The van der Waals surface area contributed by atoms with Crippen LogP contribution >= 0.6 is 0 Å². The van der Waals surface area contributed by atoms with Crippen molar-refractivity contribution in [2.24, 2.45) is 0 Å². The SMILES string of the molecule is CN(C)c1cccc(Nc2c(-c3ccncc3)[nH]c3cnccc23)c1. The molecule has 4 rings (SSSR count). The maximum absolute atomic E-state index is 4.23. The van der Waals surface area contributed by atoms with Gasteiger partial charge in [0.25, 0.3) is 0 Å². The Morgan fingerprint density at radius 2 is 1.76 bits per heavy atom. The third kappa shape index (κ3) is 2.92. The first-order chi connectivity index (χ1) is 12.2. The lowest BCUT2D eigenvalue weighted by Crippen LogP contribution is -2.08. The summed E-state index contributed by atoms with van der Waals surface area (Å²) in [7, 11) is 4.08. The van der Waals surface area contributed by atoms with Gasteiger partial charge in [-0.15, -0.1) is 0 Å². The van der Waals surface area contributed by atoms with E-state index >= 15 is 0 Å². The van der Waals surface area contributed by atoms with Crippen molar-refractivity contribution in [1.82, 2.24) is 15.0 Å². The summed E-state index contributed by atoms with van der Waals surface area (Å²) in [5.74, 6) is 0. The number of hydrogen-bond acceptors (Lipinski definition) is 4. The Kier molecular flexibility index (Phi) is 3.82. The van der Waals surface area contributed by atoms with Crippen LogP contribution in [0.3, 0.4) is 0 Å². The van der Waals surface area contributed by atoms with Crippen LogP contribution in [0.25, 0.3) is 22.2 Å². The highest BCUT2D eigenvalue weighted by Crippen LogP contribution is 2.36. The van der Waals surface area contributed by atoms with Crippen molar-refractivity contribution in [3.63, 3.8) is 0 Å². The van der Waals surface area contributed by atoms with Gasteiger partial charge >= 0.3 is 0 Å². The van der Waals surface area contributed by atoms with Crippen molar-refractivity contribution < 1.29 is 0 Å². The van der Waals surface area contributed by atoms with Crippen LogP contribution in [-0.2, 0) is 0 Å². The second-order valence-electron chi connectivity index (χ2n) is 6.10. The molecule has 5 heteroatoms. The molecule has 124 valence electrons. The molecule has 25 heavy (non-hydrogen) atoms. The second-order valence-corrected chi connectivity index (χ2v) is 6.10. The minimum atomic E-state index is 1.00. The molecule has 3 heterocycles. The average Bonchev–Trinajstić information content (AvgIpc) is 3.01. The van der Waals surface area contributed by atoms with Crippen molar-refractivity contribution >= 4 is 28.0 Å². The van der Waals surface area contributed by atoms with Gasteiger partial charge in [-0.1, -0.05) is 6.07 Å². The number of nitrogens with one attached hydrogen (secondary N) is 2. The number of aromatic nitrogens is 3. The van der Waals surface area contributed by atoms with Gasteiger partial charge in [0.1, 0.15) is 0 Å². The molecule has 0 amide bonds. The van der Waals surface area contributed by atoms with E-state index in [1.807, 2.05) is 44.7 Å². The van der Waals surface area contributed by atoms with Gasteiger partial charge in [-0.3, -0.25) is 9.97 Å². The number of rotatable bonds is 4. The largest absolute Gasteiger partial charge is 0.378 e. The van der Waals surface area contributed by atoms with Crippen molar-refractivity contribution in [2.45, 2.75) is 0 Å². The van der Waals surface area contributed by atoms with Crippen LogP contribution in [0.4, 0.5) is 17.1 Å². The van der Waals surface area contributed by atoms with E-state index in [-0.39, 0.29) is 0 Å². The standard InChI is InChI=1S/C20H19N5/c1-25(2)16-5-3-4-15(12-16)23-20-17-8-11-22-13-18(17)24-19(20)14-6-9-21-10-7-14/h3-13,23-24H,1-2H3. The number of fused-ring (bicyclic) bond motifs is 1. The molecule has 0 atom stereocenters. The molecule has 3 aromatic heterocycles.